The Balaban J connectivity index is 1.97. The van der Waals surface area contributed by atoms with Gasteiger partial charge in [-0.1, -0.05) is 13.8 Å². The summed E-state index contributed by atoms with van der Waals surface area (Å²) in [5.41, 5.74) is 0. The van der Waals surface area contributed by atoms with Gasteiger partial charge in [0.25, 0.3) is 0 Å². The van der Waals surface area contributed by atoms with Crippen LogP contribution in [0.15, 0.2) is 0 Å². The van der Waals surface area contributed by atoms with Gasteiger partial charge in [-0.2, -0.15) is 0 Å². The summed E-state index contributed by atoms with van der Waals surface area (Å²) in [6, 6.07) is 0.580. The van der Waals surface area contributed by atoms with Gasteiger partial charge in [0.15, 0.2) is 0 Å². The molecule has 0 aromatic heterocycles. The molecular weight excluding hydrogens is 268 g/mol. The molecule has 0 aliphatic carbocycles. The van der Waals surface area contributed by atoms with Crippen LogP contribution in [-0.4, -0.2) is 72.4 Å². The van der Waals surface area contributed by atoms with Gasteiger partial charge in [-0.05, 0) is 51.9 Å². The van der Waals surface area contributed by atoms with Gasteiger partial charge in [-0.3, -0.25) is 9.69 Å². The van der Waals surface area contributed by atoms with Crippen LogP contribution in [-0.2, 0) is 9.53 Å². The van der Waals surface area contributed by atoms with Crippen molar-refractivity contribution in [2.75, 3.05) is 39.4 Å². The highest BCUT2D eigenvalue weighted by Crippen LogP contribution is 2.26. The Bertz CT molecular complexity index is 329. The topological polar surface area (TPSA) is 53.0 Å². The van der Waals surface area contributed by atoms with Gasteiger partial charge in [0, 0.05) is 12.1 Å². The molecule has 1 N–H and O–H groups in total. The normalized spacial score (nSPS) is 28.3. The van der Waals surface area contributed by atoms with Crippen molar-refractivity contribution in [3.05, 3.63) is 0 Å². The molecule has 5 nitrogen and oxygen atoms in total. The van der Waals surface area contributed by atoms with Crippen molar-refractivity contribution < 1.29 is 14.6 Å². The lowest BCUT2D eigenvalue weighted by atomic mass is 9.95. The number of likely N-dealkylation sites (tertiary alicyclic amines) is 1. The van der Waals surface area contributed by atoms with E-state index in [0.717, 1.165) is 38.9 Å². The Kier molecular flexibility index (Phi) is 6.45. The molecule has 2 aliphatic heterocycles. The van der Waals surface area contributed by atoms with Gasteiger partial charge in [-0.15, -0.1) is 0 Å². The fourth-order valence-corrected chi connectivity index (χ4v) is 3.77. The van der Waals surface area contributed by atoms with Crippen LogP contribution in [0.2, 0.25) is 0 Å². The first-order valence-corrected chi connectivity index (χ1v) is 8.46. The minimum atomic E-state index is -0.706. The van der Waals surface area contributed by atoms with Crippen LogP contribution in [0, 0.1) is 5.92 Å². The summed E-state index contributed by atoms with van der Waals surface area (Å²) in [6.45, 7) is 9.80. The third-order valence-corrected chi connectivity index (χ3v) is 4.84. The summed E-state index contributed by atoms with van der Waals surface area (Å²) < 4.78 is 5.48. The van der Waals surface area contributed by atoms with E-state index in [1.54, 1.807) is 0 Å². The van der Waals surface area contributed by atoms with Crippen molar-refractivity contribution in [2.45, 2.75) is 51.6 Å². The molecule has 5 heteroatoms. The molecule has 2 atom stereocenters. The van der Waals surface area contributed by atoms with Gasteiger partial charge in [-0.25, -0.2) is 0 Å². The number of hydrogen-bond donors (Lipinski definition) is 1. The molecule has 0 saturated carbocycles. The molecule has 0 aromatic rings. The summed E-state index contributed by atoms with van der Waals surface area (Å²) in [6.07, 6.45) is 4.59. The lowest BCUT2D eigenvalue weighted by Gasteiger charge is -2.42. The quantitative estimate of drug-likeness (QED) is 0.775. The third kappa shape index (κ3) is 4.18. The fraction of sp³-hybridized carbons (Fsp3) is 0.938. The van der Waals surface area contributed by atoms with Crippen LogP contribution in [0.1, 0.15) is 39.5 Å². The smallest absolute Gasteiger partial charge is 0.310 e. The van der Waals surface area contributed by atoms with Crippen LogP contribution < -0.4 is 0 Å². The molecule has 0 radical (unpaired) electrons. The zero-order valence-corrected chi connectivity index (χ0v) is 13.5. The first-order valence-electron chi connectivity index (χ1n) is 8.46. The van der Waals surface area contributed by atoms with Gasteiger partial charge in [0.2, 0.25) is 0 Å². The first-order chi connectivity index (χ1) is 10.2. The van der Waals surface area contributed by atoms with Crippen molar-refractivity contribution >= 4 is 5.97 Å². The Morgan fingerprint density at radius 2 is 1.95 bits per heavy atom. The first kappa shape index (κ1) is 16.7. The van der Waals surface area contributed by atoms with Crippen molar-refractivity contribution in [2.24, 2.45) is 5.92 Å². The predicted octanol–water partition coefficient (Wildman–Crippen LogP) is 1.67. The predicted molar refractivity (Wildman–Crippen MR) is 82.5 cm³/mol. The maximum Gasteiger partial charge on any atom is 0.310 e. The Morgan fingerprint density at radius 3 is 2.52 bits per heavy atom. The van der Waals surface area contributed by atoms with E-state index >= 15 is 0 Å². The number of carbonyl (C=O) groups is 1. The van der Waals surface area contributed by atoms with E-state index in [1.807, 2.05) is 0 Å². The number of piperidine rings is 1. The Labute approximate surface area is 128 Å². The molecule has 2 saturated heterocycles. The fourth-order valence-electron chi connectivity index (χ4n) is 3.77. The van der Waals surface area contributed by atoms with E-state index in [2.05, 4.69) is 23.6 Å². The van der Waals surface area contributed by atoms with E-state index in [4.69, 9.17) is 4.74 Å². The largest absolute Gasteiger partial charge is 0.481 e. The second-order valence-electron chi connectivity index (χ2n) is 6.36. The number of hydrogen-bond acceptors (Lipinski definition) is 4. The number of ether oxygens (including phenoxy) is 1. The molecule has 2 fully saturated rings. The molecule has 2 heterocycles. The molecule has 2 rings (SSSR count). The van der Waals surface area contributed by atoms with E-state index in [1.165, 1.54) is 13.0 Å². The Hall–Kier alpha value is -0.650. The van der Waals surface area contributed by atoms with Crippen molar-refractivity contribution in [3.8, 4) is 0 Å². The maximum absolute atomic E-state index is 11.4. The molecular formula is C16H30N2O3. The minimum Gasteiger partial charge on any atom is -0.481 e. The maximum atomic E-state index is 11.4. The van der Waals surface area contributed by atoms with Crippen LogP contribution in [0.25, 0.3) is 0 Å². The van der Waals surface area contributed by atoms with Crippen molar-refractivity contribution in [1.29, 1.82) is 0 Å². The molecule has 2 unspecified atom stereocenters. The highest BCUT2D eigenvalue weighted by atomic mass is 16.5. The molecule has 2 aliphatic rings. The summed E-state index contributed by atoms with van der Waals surface area (Å²) in [4.78, 5) is 16.4. The highest BCUT2D eigenvalue weighted by Gasteiger charge is 2.40. The number of nitrogens with zero attached hydrogens (tertiary/aromatic N) is 2. The average molecular weight is 298 g/mol. The van der Waals surface area contributed by atoms with Crippen molar-refractivity contribution in [3.63, 3.8) is 0 Å². The molecule has 122 valence electrons. The van der Waals surface area contributed by atoms with Crippen molar-refractivity contribution in [1.82, 2.24) is 9.80 Å². The second kappa shape index (κ2) is 8.11. The van der Waals surface area contributed by atoms with Gasteiger partial charge >= 0.3 is 5.97 Å². The van der Waals surface area contributed by atoms with Gasteiger partial charge < -0.3 is 14.7 Å². The third-order valence-electron chi connectivity index (χ3n) is 4.84. The van der Waals surface area contributed by atoms with Crippen LogP contribution >= 0.6 is 0 Å². The molecule has 0 amide bonds. The molecule has 0 bridgehead atoms. The lowest BCUT2D eigenvalue weighted by molar-refractivity contribution is -0.143. The van der Waals surface area contributed by atoms with E-state index in [-0.39, 0.29) is 12.0 Å². The summed E-state index contributed by atoms with van der Waals surface area (Å²) in [5.74, 6) is -1.06. The van der Waals surface area contributed by atoms with Gasteiger partial charge in [0.1, 0.15) is 0 Å². The SMILES string of the molecule is CCCN1CCC(N(CCC)C2COCC2C(=O)O)CC1. The second-order valence-corrected chi connectivity index (χ2v) is 6.36. The zero-order chi connectivity index (χ0) is 15.2. The number of rotatable bonds is 7. The van der Waals surface area contributed by atoms with Crippen LogP contribution in [0.5, 0.6) is 0 Å². The Morgan fingerprint density at radius 1 is 1.24 bits per heavy atom. The number of aliphatic carboxylic acids is 1. The average Bonchev–Trinajstić information content (AvgIpc) is 2.95. The van der Waals surface area contributed by atoms with Crippen LogP contribution in [0.4, 0.5) is 0 Å². The summed E-state index contributed by atoms with van der Waals surface area (Å²) in [5, 5.41) is 9.40. The summed E-state index contributed by atoms with van der Waals surface area (Å²) in [7, 11) is 0. The highest BCUT2D eigenvalue weighted by molar-refractivity contribution is 5.71. The van der Waals surface area contributed by atoms with Crippen LogP contribution in [0.3, 0.4) is 0 Å². The van der Waals surface area contributed by atoms with E-state index < -0.39 is 5.97 Å². The standard InChI is InChI=1S/C16H30N2O3/c1-3-7-17-9-5-13(6-10-17)18(8-4-2)15-12-21-11-14(15)16(19)20/h13-15H,3-12H2,1-2H3,(H,19,20). The zero-order valence-electron chi connectivity index (χ0n) is 13.5. The summed E-state index contributed by atoms with van der Waals surface area (Å²) >= 11 is 0. The molecule has 0 aromatic carbocycles. The molecule has 0 spiro atoms. The number of carboxylic acid groups (broad SMARTS) is 1. The van der Waals surface area contributed by atoms with E-state index in [0.29, 0.717) is 19.3 Å². The lowest BCUT2D eigenvalue weighted by Crippen LogP contribution is -2.52. The molecule has 21 heavy (non-hydrogen) atoms. The number of carboxylic acids is 1. The van der Waals surface area contributed by atoms with E-state index in [9.17, 15) is 9.90 Å². The van der Waals surface area contributed by atoms with Gasteiger partial charge in [0.05, 0.1) is 19.1 Å². The minimum absolute atomic E-state index is 0.0603. The monoisotopic (exact) mass is 298 g/mol.